The number of benzene rings is 2. The van der Waals surface area contributed by atoms with E-state index in [0.29, 0.717) is 18.9 Å². The van der Waals surface area contributed by atoms with E-state index >= 15 is 0 Å². The van der Waals surface area contributed by atoms with Crippen molar-refractivity contribution in [3.05, 3.63) is 59.4 Å². The van der Waals surface area contributed by atoms with E-state index in [1.165, 1.54) is 12.1 Å². The van der Waals surface area contributed by atoms with Crippen LogP contribution in [0.25, 0.3) is 0 Å². The maximum atomic E-state index is 13.1. The Morgan fingerprint density at radius 2 is 1.89 bits per heavy atom. The first-order valence-electron chi connectivity index (χ1n) is 9.43. The fraction of sp³-hybridized carbons (Fsp3) is 0.429. The molecule has 0 aliphatic carbocycles. The maximum Gasteiger partial charge on any atom is 0.166 e. The van der Waals surface area contributed by atoms with E-state index < -0.39 is 0 Å². The molecule has 146 valence electrons. The normalized spacial score (nSPS) is 14.9. The molecule has 27 heavy (non-hydrogen) atoms. The number of methoxy groups -OCH3 is 1. The first-order valence-corrected chi connectivity index (χ1v) is 9.43. The van der Waals surface area contributed by atoms with Gasteiger partial charge in [-0.05, 0) is 23.8 Å². The van der Waals surface area contributed by atoms with Crippen LogP contribution in [0.1, 0.15) is 11.1 Å². The molecular weight excluding hydrogens is 345 g/mol. The van der Waals surface area contributed by atoms with Gasteiger partial charge in [-0.2, -0.15) is 0 Å². The molecule has 3 rings (SSSR count). The summed E-state index contributed by atoms with van der Waals surface area (Å²) in [6.07, 6.45) is 0. The van der Waals surface area contributed by atoms with Gasteiger partial charge in [-0.25, -0.2) is 4.39 Å². The summed E-state index contributed by atoms with van der Waals surface area (Å²) in [4.78, 5) is 2.46. The summed E-state index contributed by atoms with van der Waals surface area (Å²) in [5.41, 5.74) is 1.97. The summed E-state index contributed by atoms with van der Waals surface area (Å²) in [7, 11) is 1.64. The van der Waals surface area contributed by atoms with E-state index in [1.54, 1.807) is 19.2 Å². The Balaban J connectivity index is 1.56. The van der Waals surface area contributed by atoms with Crippen LogP contribution < -0.4 is 20.1 Å². The van der Waals surface area contributed by atoms with Gasteiger partial charge < -0.3 is 20.1 Å². The summed E-state index contributed by atoms with van der Waals surface area (Å²) in [5.74, 6) is 1.20. The minimum Gasteiger partial charge on any atom is -0.493 e. The van der Waals surface area contributed by atoms with Crippen LogP contribution in [0.15, 0.2) is 42.5 Å². The van der Waals surface area contributed by atoms with Crippen molar-refractivity contribution in [1.82, 2.24) is 15.5 Å². The predicted octanol–water partition coefficient (Wildman–Crippen LogP) is 2.41. The standard InChI is InChI=1S/C21H28FN3O2/c1-26-20-4-2-3-18(15-24-11-14-25-12-9-23-10-13-25)21(20)27-16-17-5-7-19(22)8-6-17/h2-8,23-24H,9-16H2,1H3. The van der Waals surface area contributed by atoms with E-state index in [2.05, 4.69) is 15.5 Å². The molecule has 2 N–H and O–H groups in total. The molecule has 0 atom stereocenters. The van der Waals surface area contributed by atoms with Crippen molar-refractivity contribution in [1.29, 1.82) is 0 Å². The molecule has 0 spiro atoms. The van der Waals surface area contributed by atoms with Crippen molar-refractivity contribution < 1.29 is 13.9 Å². The Hall–Kier alpha value is -2.15. The van der Waals surface area contributed by atoms with Gasteiger partial charge in [-0.3, -0.25) is 4.90 Å². The highest BCUT2D eigenvalue weighted by atomic mass is 19.1. The van der Waals surface area contributed by atoms with Gasteiger partial charge >= 0.3 is 0 Å². The third-order valence-electron chi connectivity index (χ3n) is 4.71. The topological polar surface area (TPSA) is 45.8 Å². The zero-order chi connectivity index (χ0) is 18.9. The molecule has 0 amide bonds. The summed E-state index contributed by atoms with van der Waals surface area (Å²) in [6.45, 7) is 7.39. The SMILES string of the molecule is COc1cccc(CNCCN2CCNCC2)c1OCc1ccc(F)cc1. The van der Waals surface area contributed by atoms with Gasteiger partial charge in [0.2, 0.25) is 0 Å². The van der Waals surface area contributed by atoms with Crippen LogP contribution in [-0.2, 0) is 13.2 Å². The Morgan fingerprint density at radius 1 is 1.11 bits per heavy atom. The molecule has 0 bridgehead atoms. The quantitative estimate of drug-likeness (QED) is 0.661. The minimum atomic E-state index is -0.245. The van der Waals surface area contributed by atoms with Gasteiger partial charge in [0.1, 0.15) is 12.4 Å². The van der Waals surface area contributed by atoms with Crippen LogP contribution in [0.3, 0.4) is 0 Å². The highest BCUT2D eigenvalue weighted by Gasteiger charge is 2.12. The molecular formula is C21H28FN3O2. The second-order valence-corrected chi connectivity index (χ2v) is 6.63. The third-order valence-corrected chi connectivity index (χ3v) is 4.71. The summed E-state index contributed by atoms with van der Waals surface area (Å²) in [6, 6.07) is 12.3. The number of halogens is 1. The van der Waals surface area contributed by atoms with Crippen molar-refractivity contribution >= 4 is 0 Å². The molecule has 2 aromatic carbocycles. The molecule has 1 heterocycles. The number of rotatable bonds is 9. The van der Waals surface area contributed by atoms with Gasteiger partial charge in [0.15, 0.2) is 11.5 Å². The monoisotopic (exact) mass is 373 g/mol. The Kier molecular flexibility index (Phi) is 7.45. The van der Waals surface area contributed by atoms with E-state index in [4.69, 9.17) is 9.47 Å². The van der Waals surface area contributed by atoms with Gasteiger partial charge in [0.25, 0.3) is 0 Å². The molecule has 1 saturated heterocycles. The fourth-order valence-electron chi connectivity index (χ4n) is 3.16. The van der Waals surface area contributed by atoms with Gasteiger partial charge in [-0.1, -0.05) is 24.3 Å². The van der Waals surface area contributed by atoms with Crippen molar-refractivity contribution in [2.45, 2.75) is 13.2 Å². The predicted molar refractivity (Wildman–Crippen MR) is 105 cm³/mol. The molecule has 2 aromatic rings. The lowest BCUT2D eigenvalue weighted by atomic mass is 10.1. The van der Waals surface area contributed by atoms with Crippen LogP contribution in [0.2, 0.25) is 0 Å². The van der Waals surface area contributed by atoms with Gasteiger partial charge in [-0.15, -0.1) is 0 Å². The fourth-order valence-corrected chi connectivity index (χ4v) is 3.16. The number of ether oxygens (including phenoxy) is 2. The molecule has 0 unspecified atom stereocenters. The Bertz CT molecular complexity index is 703. The minimum absolute atomic E-state index is 0.245. The number of hydrogen-bond donors (Lipinski definition) is 2. The van der Waals surface area contributed by atoms with E-state index in [1.807, 2.05) is 18.2 Å². The lowest BCUT2D eigenvalue weighted by molar-refractivity contribution is 0.240. The summed E-state index contributed by atoms with van der Waals surface area (Å²) >= 11 is 0. The number of hydrogen-bond acceptors (Lipinski definition) is 5. The Labute approximate surface area is 160 Å². The second kappa shape index (κ2) is 10.3. The molecule has 6 heteroatoms. The first kappa shape index (κ1) is 19.6. The highest BCUT2D eigenvalue weighted by molar-refractivity contribution is 5.46. The molecule has 0 radical (unpaired) electrons. The lowest BCUT2D eigenvalue weighted by Crippen LogP contribution is -2.45. The van der Waals surface area contributed by atoms with Crippen LogP contribution in [0, 0.1) is 5.82 Å². The highest BCUT2D eigenvalue weighted by Crippen LogP contribution is 2.31. The molecule has 1 fully saturated rings. The Morgan fingerprint density at radius 3 is 2.63 bits per heavy atom. The van der Waals surface area contributed by atoms with E-state index in [0.717, 1.165) is 56.1 Å². The van der Waals surface area contributed by atoms with Crippen LogP contribution in [-0.4, -0.2) is 51.3 Å². The van der Waals surface area contributed by atoms with E-state index in [9.17, 15) is 4.39 Å². The number of nitrogens with one attached hydrogen (secondary N) is 2. The van der Waals surface area contributed by atoms with Crippen molar-refractivity contribution in [3.63, 3.8) is 0 Å². The maximum absolute atomic E-state index is 13.1. The smallest absolute Gasteiger partial charge is 0.166 e. The van der Waals surface area contributed by atoms with Crippen LogP contribution >= 0.6 is 0 Å². The van der Waals surface area contributed by atoms with Crippen molar-refractivity contribution in [3.8, 4) is 11.5 Å². The zero-order valence-electron chi connectivity index (χ0n) is 15.8. The third kappa shape index (κ3) is 5.92. The van der Waals surface area contributed by atoms with Gasteiger partial charge in [0.05, 0.1) is 7.11 Å². The zero-order valence-corrected chi connectivity index (χ0v) is 15.8. The first-order chi connectivity index (χ1) is 13.3. The number of piperazine rings is 1. The summed E-state index contributed by atoms with van der Waals surface area (Å²) in [5, 5.41) is 6.87. The van der Waals surface area contributed by atoms with Crippen LogP contribution in [0.5, 0.6) is 11.5 Å². The lowest BCUT2D eigenvalue weighted by Gasteiger charge is -2.27. The molecule has 0 aromatic heterocycles. The largest absolute Gasteiger partial charge is 0.493 e. The van der Waals surface area contributed by atoms with Crippen molar-refractivity contribution in [2.75, 3.05) is 46.4 Å². The molecule has 1 aliphatic rings. The molecule has 5 nitrogen and oxygen atoms in total. The summed E-state index contributed by atoms with van der Waals surface area (Å²) < 4.78 is 24.6. The van der Waals surface area contributed by atoms with Crippen molar-refractivity contribution in [2.24, 2.45) is 0 Å². The number of nitrogens with zero attached hydrogens (tertiary/aromatic N) is 1. The molecule has 0 saturated carbocycles. The second-order valence-electron chi connectivity index (χ2n) is 6.63. The van der Waals surface area contributed by atoms with Crippen LogP contribution in [0.4, 0.5) is 4.39 Å². The average molecular weight is 373 g/mol. The average Bonchev–Trinajstić information content (AvgIpc) is 2.72. The molecule has 1 aliphatic heterocycles. The number of para-hydroxylation sites is 1. The van der Waals surface area contributed by atoms with Gasteiger partial charge in [0, 0.05) is 51.4 Å². The van der Waals surface area contributed by atoms with E-state index in [-0.39, 0.29) is 5.82 Å².